The smallest absolute Gasteiger partial charge is 0.314 e. The molecule has 0 aromatic heterocycles. The largest absolute Gasteiger partial charge is 0.461 e. The zero-order valence-corrected chi connectivity index (χ0v) is 11.6. The average Bonchev–Trinajstić information content (AvgIpc) is 2.84. The number of rotatable bonds is 2. The summed E-state index contributed by atoms with van der Waals surface area (Å²) in [5.41, 5.74) is 0. The standard InChI is InChI=1S/C15H21N2O2/c1-16-7-12-9-17(2)10-13(8-16)14(12)19-15(18)11-5-3-4-6-11/h3-6,12-14H,7-10H2,1-2H3. The number of carbonyl (C=O) groups is 1. The van der Waals surface area contributed by atoms with E-state index in [0.29, 0.717) is 17.8 Å². The topological polar surface area (TPSA) is 32.8 Å². The van der Waals surface area contributed by atoms with Crippen molar-refractivity contribution < 1.29 is 9.53 Å². The maximum Gasteiger partial charge on any atom is 0.314 e. The summed E-state index contributed by atoms with van der Waals surface area (Å²) < 4.78 is 5.81. The van der Waals surface area contributed by atoms with E-state index in [9.17, 15) is 4.79 Å². The maximum atomic E-state index is 12.1. The van der Waals surface area contributed by atoms with Crippen LogP contribution in [0.4, 0.5) is 0 Å². The van der Waals surface area contributed by atoms with E-state index in [2.05, 4.69) is 23.9 Å². The highest BCUT2D eigenvalue weighted by atomic mass is 16.5. The normalized spacial score (nSPS) is 37.5. The first-order chi connectivity index (χ1) is 9.13. The zero-order valence-electron chi connectivity index (χ0n) is 11.6. The van der Waals surface area contributed by atoms with Gasteiger partial charge in [0.1, 0.15) is 6.10 Å². The predicted octanol–water partition coefficient (Wildman–Crippen LogP) is 0.427. The molecule has 4 heteroatoms. The number of fused-ring (bicyclic) bond motifs is 2. The molecule has 19 heavy (non-hydrogen) atoms. The molecule has 0 spiro atoms. The molecule has 0 atom stereocenters. The Morgan fingerprint density at radius 3 is 2.00 bits per heavy atom. The van der Waals surface area contributed by atoms with Crippen LogP contribution in [0.15, 0.2) is 0 Å². The number of ether oxygens (including phenoxy) is 1. The Kier molecular flexibility index (Phi) is 3.81. The predicted molar refractivity (Wildman–Crippen MR) is 72.3 cm³/mol. The highest BCUT2D eigenvalue weighted by Gasteiger charge is 2.43. The lowest BCUT2D eigenvalue weighted by molar-refractivity contribution is -0.162. The zero-order chi connectivity index (χ0) is 13.4. The van der Waals surface area contributed by atoms with Gasteiger partial charge < -0.3 is 14.5 Å². The number of carbonyl (C=O) groups excluding carboxylic acids is 1. The van der Waals surface area contributed by atoms with Crippen LogP contribution < -0.4 is 0 Å². The Morgan fingerprint density at radius 1 is 1.05 bits per heavy atom. The van der Waals surface area contributed by atoms with E-state index in [0.717, 1.165) is 26.2 Å². The van der Waals surface area contributed by atoms with Gasteiger partial charge in [-0.05, 0) is 39.8 Å². The van der Waals surface area contributed by atoms with Gasteiger partial charge in [0.05, 0.1) is 5.92 Å². The molecule has 3 fully saturated rings. The Balaban J connectivity index is 1.64. The number of hydrogen-bond donors (Lipinski definition) is 0. The van der Waals surface area contributed by atoms with Crippen molar-refractivity contribution in [1.82, 2.24) is 9.80 Å². The second-order valence-corrected chi connectivity index (χ2v) is 6.01. The van der Waals surface area contributed by atoms with Crippen molar-refractivity contribution in [2.75, 3.05) is 40.3 Å². The first-order valence-corrected chi connectivity index (χ1v) is 6.93. The van der Waals surface area contributed by atoms with Crippen molar-refractivity contribution >= 4 is 5.97 Å². The molecule has 2 bridgehead atoms. The Hall–Kier alpha value is -0.610. The van der Waals surface area contributed by atoms with Crippen LogP contribution in [-0.4, -0.2) is 62.1 Å². The van der Waals surface area contributed by atoms with E-state index in [1.807, 2.05) is 25.7 Å². The Morgan fingerprint density at radius 2 is 1.53 bits per heavy atom. The van der Waals surface area contributed by atoms with Crippen LogP contribution in [0.3, 0.4) is 0 Å². The third kappa shape index (κ3) is 2.79. The summed E-state index contributed by atoms with van der Waals surface area (Å²) in [5.74, 6) is 1.37. The molecule has 0 aromatic carbocycles. The van der Waals surface area contributed by atoms with E-state index in [1.54, 1.807) is 0 Å². The van der Waals surface area contributed by atoms with E-state index in [-0.39, 0.29) is 12.1 Å². The van der Waals surface area contributed by atoms with Gasteiger partial charge in [-0.1, -0.05) is 0 Å². The first-order valence-electron chi connectivity index (χ1n) is 6.93. The molecule has 0 N–H and O–H groups in total. The fourth-order valence-corrected chi connectivity index (χ4v) is 3.56. The minimum atomic E-state index is -0.167. The molecule has 3 rings (SSSR count). The van der Waals surface area contributed by atoms with Crippen molar-refractivity contribution in [2.24, 2.45) is 11.8 Å². The molecule has 3 aliphatic rings. The summed E-state index contributed by atoms with van der Waals surface area (Å²) in [6.45, 7) is 4.05. The molecule has 2 aliphatic heterocycles. The molecule has 2 heterocycles. The molecule has 0 unspecified atom stereocenters. The lowest BCUT2D eigenvalue weighted by Crippen LogP contribution is -2.59. The van der Waals surface area contributed by atoms with Crippen molar-refractivity contribution in [3.63, 3.8) is 0 Å². The summed E-state index contributed by atoms with van der Waals surface area (Å²) in [7, 11) is 4.31. The molecule has 0 aromatic rings. The van der Waals surface area contributed by atoms with Gasteiger partial charge in [0.2, 0.25) is 0 Å². The fraction of sp³-hybridized carbons (Fsp3) is 0.600. The quantitative estimate of drug-likeness (QED) is 0.675. The first kappa shape index (κ1) is 13.4. The van der Waals surface area contributed by atoms with Gasteiger partial charge in [-0.15, -0.1) is 0 Å². The molecular weight excluding hydrogens is 240 g/mol. The van der Waals surface area contributed by atoms with Crippen molar-refractivity contribution in [1.29, 1.82) is 0 Å². The summed E-state index contributed by atoms with van der Waals surface area (Å²) in [6.07, 6.45) is 7.47. The SMILES string of the molecule is CN1CC2CN(C)CC(C1)C2OC(=O)[C]1[CH][CH][CH][CH]1. The minimum absolute atomic E-state index is 0.0785. The summed E-state index contributed by atoms with van der Waals surface area (Å²) >= 11 is 0. The number of hydrogen-bond acceptors (Lipinski definition) is 4. The van der Waals surface area contributed by atoms with E-state index >= 15 is 0 Å². The number of piperidine rings is 2. The molecule has 1 saturated carbocycles. The average molecular weight is 261 g/mol. The van der Waals surface area contributed by atoms with Gasteiger partial charge in [0.25, 0.3) is 0 Å². The van der Waals surface area contributed by atoms with Gasteiger partial charge in [-0.2, -0.15) is 0 Å². The molecule has 0 amide bonds. The third-order valence-corrected chi connectivity index (χ3v) is 4.26. The molecule has 103 valence electrons. The monoisotopic (exact) mass is 261 g/mol. The van der Waals surface area contributed by atoms with Gasteiger partial charge in [-0.25, -0.2) is 0 Å². The van der Waals surface area contributed by atoms with Gasteiger partial charge in [0.15, 0.2) is 0 Å². The van der Waals surface area contributed by atoms with Crippen LogP contribution in [0.1, 0.15) is 0 Å². The Bertz CT molecular complexity index is 311. The highest BCUT2D eigenvalue weighted by Crippen LogP contribution is 2.32. The van der Waals surface area contributed by atoms with Crippen LogP contribution >= 0.6 is 0 Å². The van der Waals surface area contributed by atoms with Crippen LogP contribution in [0.25, 0.3) is 0 Å². The molecule has 5 radical (unpaired) electrons. The van der Waals surface area contributed by atoms with Crippen LogP contribution in [-0.2, 0) is 9.53 Å². The minimum Gasteiger partial charge on any atom is -0.461 e. The summed E-state index contributed by atoms with van der Waals surface area (Å²) in [4.78, 5) is 16.8. The van der Waals surface area contributed by atoms with Crippen molar-refractivity contribution in [3.8, 4) is 0 Å². The van der Waals surface area contributed by atoms with Crippen molar-refractivity contribution in [2.45, 2.75) is 6.10 Å². The molecule has 4 nitrogen and oxygen atoms in total. The second-order valence-electron chi connectivity index (χ2n) is 6.01. The van der Waals surface area contributed by atoms with Crippen LogP contribution in [0.2, 0.25) is 0 Å². The lowest BCUT2D eigenvalue weighted by Gasteiger charge is -2.48. The fourth-order valence-electron chi connectivity index (χ4n) is 3.56. The van der Waals surface area contributed by atoms with Crippen molar-refractivity contribution in [3.05, 3.63) is 31.6 Å². The van der Waals surface area contributed by atoms with Gasteiger partial charge >= 0.3 is 5.97 Å². The summed E-state index contributed by atoms with van der Waals surface area (Å²) in [6, 6.07) is 0. The van der Waals surface area contributed by atoms with Crippen LogP contribution in [0, 0.1) is 43.4 Å². The molecule has 2 saturated heterocycles. The number of nitrogens with zero attached hydrogens (tertiary/aromatic N) is 2. The third-order valence-electron chi connectivity index (χ3n) is 4.26. The van der Waals surface area contributed by atoms with Gasteiger partial charge in [-0.3, -0.25) is 4.79 Å². The number of esters is 1. The molecular formula is C15H21N2O2. The lowest BCUT2D eigenvalue weighted by atomic mass is 9.82. The van der Waals surface area contributed by atoms with Gasteiger partial charge in [0, 0.05) is 38.0 Å². The highest BCUT2D eigenvalue weighted by molar-refractivity contribution is 5.91. The van der Waals surface area contributed by atoms with Crippen LogP contribution in [0.5, 0.6) is 0 Å². The summed E-state index contributed by atoms with van der Waals surface area (Å²) in [5, 5.41) is 0. The Labute approximate surface area is 116 Å². The van der Waals surface area contributed by atoms with E-state index in [4.69, 9.17) is 4.74 Å². The molecule has 1 aliphatic carbocycles. The maximum absolute atomic E-state index is 12.1. The number of likely N-dealkylation sites (tertiary alicyclic amines) is 2. The second kappa shape index (κ2) is 5.41. The van der Waals surface area contributed by atoms with E-state index in [1.165, 1.54) is 0 Å². The van der Waals surface area contributed by atoms with E-state index < -0.39 is 0 Å².